The lowest BCUT2D eigenvalue weighted by Gasteiger charge is -2.18. The lowest BCUT2D eigenvalue weighted by molar-refractivity contribution is 0.0934. The average molecular weight is 472 g/mol. The van der Waals surface area contributed by atoms with Crippen LogP contribution >= 0.6 is 11.6 Å². The minimum Gasteiger partial charge on any atom is -0.349 e. The molecule has 1 aliphatic carbocycles. The van der Waals surface area contributed by atoms with E-state index in [0.717, 1.165) is 42.1 Å². The van der Waals surface area contributed by atoms with Crippen molar-refractivity contribution in [2.75, 3.05) is 5.32 Å². The Bertz CT molecular complexity index is 1300. The molecule has 5 rings (SSSR count). The Morgan fingerprint density at radius 3 is 2.56 bits per heavy atom. The highest BCUT2D eigenvalue weighted by Gasteiger charge is 2.19. The van der Waals surface area contributed by atoms with Crippen molar-refractivity contribution in [2.45, 2.75) is 44.6 Å². The summed E-state index contributed by atoms with van der Waals surface area (Å²) in [7, 11) is 0. The summed E-state index contributed by atoms with van der Waals surface area (Å²) < 4.78 is 0. The lowest BCUT2D eigenvalue weighted by Crippen LogP contribution is -2.34. The van der Waals surface area contributed by atoms with Gasteiger partial charge >= 0.3 is 0 Å². The Balaban J connectivity index is 1.51. The van der Waals surface area contributed by atoms with Crippen LogP contribution in [-0.2, 0) is 0 Å². The third-order valence-electron chi connectivity index (χ3n) is 6.19. The average Bonchev–Trinajstić information content (AvgIpc) is 3.13. The number of pyridine rings is 1. The van der Waals surface area contributed by atoms with Gasteiger partial charge in [0.1, 0.15) is 5.82 Å². The van der Waals surface area contributed by atoms with Crippen molar-refractivity contribution in [2.24, 2.45) is 0 Å². The first-order valence-corrected chi connectivity index (χ1v) is 12.1. The number of nitrogens with zero attached hydrogens (tertiary/aromatic N) is 3. The van der Waals surface area contributed by atoms with E-state index in [-0.39, 0.29) is 11.9 Å². The van der Waals surface area contributed by atoms with Crippen LogP contribution in [0.2, 0.25) is 5.02 Å². The van der Waals surface area contributed by atoms with Gasteiger partial charge in [0.25, 0.3) is 5.91 Å². The van der Waals surface area contributed by atoms with Crippen molar-refractivity contribution in [1.29, 1.82) is 0 Å². The third kappa shape index (κ3) is 5.02. The fourth-order valence-corrected chi connectivity index (χ4v) is 4.60. The van der Waals surface area contributed by atoms with Crippen molar-refractivity contribution in [3.8, 4) is 11.4 Å². The van der Waals surface area contributed by atoms with E-state index in [1.54, 1.807) is 12.4 Å². The molecule has 34 heavy (non-hydrogen) atoms. The van der Waals surface area contributed by atoms with Gasteiger partial charge in [-0.3, -0.25) is 9.78 Å². The molecule has 0 bridgehead atoms. The summed E-state index contributed by atoms with van der Waals surface area (Å²) in [5, 5.41) is 8.00. The van der Waals surface area contributed by atoms with E-state index in [0.29, 0.717) is 27.9 Å². The number of para-hydroxylation sites is 1. The van der Waals surface area contributed by atoms with Gasteiger partial charge in [-0.15, -0.1) is 0 Å². The maximum atomic E-state index is 13.2. The number of carbonyl (C=O) groups excluding carboxylic acids is 1. The first-order chi connectivity index (χ1) is 16.7. The van der Waals surface area contributed by atoms with Crippen LogP contribution in [0.3, 0.4) is 0 Å². The molecule has 7 heteroatoms. The van der Waals surface area contributed by atoms with E-state index in [2.05, 4.69) is 15.6 Å². The van der Waals surface area contributed by atoms with Crippen molar-refractivity contribution in [3.63, 3.8) is 0 Å². The van der Waals surface area contributed by atoms with E-state index in [1.807, 2.05) is 54.6 Å². The second-order valence-electron chi connectivity index (χ2n) is 8.63. The van der Waals surface area contributed by atoms with Gasteiger partial charge in [0.15, 0.2) is 5.82 Å². The molecule has 2 N–H and O–H groups in total. The molecular formula is C27H26ClN5O. The number of amides is 1. The van der Waals surface area contributed by atoms with Crippen molar-refractivity contribution < 1.29 is 4.79 Å². The number of nitrogens with one attached hydrogen (secondary N) is 2. The first kappa shape index (κ1) is 22.3. The normalized spacial score (nSPS) is 14.5. The Kier molecular flexibility index (Phi) is 6.67. The van der Waals surface area contributed by atoms with Crippen LogP contribution in [0.4, 0.5) is 11.5 Å². The molecule has 0 spiro atoms. The topological polar surface area (TPSA) is 79.8 Å². The number of halogens is 1. The molecule has 2 aromatic carbocycles. The molecule has 0 radical (unpaired) electrons. The second kappa shape index (κ2) is 10.2. The molecule has 0 unspecified atom stereocenters. The Morgan fingerprint density at radius 2 is 1.76 bits per heavy atom. The summed E-state index contributed by atoms with van der Waals surface area (Å²) in [6, 6.07) is 17.0. The predicted molar refractivity (Wildman–Crippen MR) is 136 cm³/mol. The van der Waals surface area contributed by atoms with Crippen LogP contribution in [0.5, 0.6) is 0 Å². The number of rotatable bonds is 5. The maximum Gasteiger partial charge on any atom is 0.253 e. The van der Waals surface area contributed by atoms with E-state index in [1.165, 1.54) is 12.8 Å². The van der Waals surface area contributed by atoms with E-state index >= 15 is 0 Å². The van der Waals surface area contributed by atoms with Gasteiger partial charge in [0.05, 0.1) is 16.8 Å². The zero-order valence-corrected chi connectivity index (χ0v) is 19.6. The van der Waals surface area contributed by atoms with Crippen LogP contribution in [0.25, 0.3) is 22.3 Å². The molecule has 0 atom stereocenters. The number of anilines is 2. The molecule has 2 aromatic heterocycles. The number of hydrogen-bond donors (Lipinski definition) is 2. The summed E-state index contributed by atoms with van der Waals surface area (Å²) >= 11 is 6.30. The number of hydrogen-bond acceptors (Lipinski definition) is 5. The zero-order valence-electron chi connectivity index (χ0n) is 18.8. The summed E-state index contributed by atoms with van der Waals surface area (Å²) in [6.07, 6.45) is 10.3. The smallest absolute Gasteiger partial charge is 0.253 e. The van der Waals surface area contributed by atoms with Crippen molar-refractivity contribution in [1.82, 2.24) is 20.3 Å². The van der Waals surface area contributed by atoms with Gasteiger partial charge in [-0.2, -0.15) is 0 Å². The van der Waals surface area contributed by atoms with Gasteiger partial charge < -0.3 is 10.6 Å². The zero-order chi connectivity index (χ0) is 23.3. The van der Waals surface area contributed by atoms with Gasteiger partial charge in [-0.25, -0.2) is 9.97 Å². The fraction of sp³-hybridized carbons (Fsp3) is 0.259. The van der Waals surface area contributed by atoms with Gasteiger partial charge in [-0.05, 0) is 55.3 Å². The maximum absolute atomic E-state index is 13.2. The van der Waals surface area contributed by atoms with Crippen LogP contribution < -0.4 is 10.6 Å². The van der Waals surface area contributed by atoms with Crippen LogP contribution in [0.15, 0.2) is 67.0 Å². The molecule has 1 amide bonds. The highest BCUT2D eigenvalue weighted by Crippen LogP contribution is 2.30. The SMILES string of the molecule is O=C(NC1CCCCCC1)c1ccccc1Nc1nc(-c2cccnc2)nc2ccc(Cl)cc12. The molecule has 1 aliphatic rings. The van der Waals surface area contributed by atoms with Crippen molar-refractivity contribution in [3.05, 3.63) is 77.6 Å². The number of carbonyl (C=O) groups is 1. The molecule has 6 nitrogen and oxygen atoms in total. The third-order valence-corrected chi connectivity index (χ3v) is 6.43. The quantitative estimate of drug-likeness (QED) is 0.323. The van der Waals surface area contributed by atoms with E-state index in [4.69, 9.17) is 21.6 Å². The molecule has 1 saturated carbocycles. The monoisotopic (exact) mass is 471 g/mol. The van der Waals surface area contributed by atoms with Gasteiger partial charge in [-0.1, -0.05) is 49.4 Å². The van der Waals surface area contributed by atoms with Gasteiger partial charge in [0.2, 0.25) is 0 Å². The summed E-state index contributed by atoms with van der Waals surface area (Å²) in [6.45, 7) is 0. The minimum atomic E-state index is -0.0705. The van der Waals surface area contributed by atoms with Crippen molar-refractivity contribution >= 4 is 39.9 Å². The second-order valence-corrected chi connectivity index (χ2v) is 9.07. The molecular weight excluding hydrogens is 446 g/mol. The highest BCUT2D eigenvalue weighted by atomic mass is 35.5. The van der Waals surface area contributed by atoms with Gasteiger partial charge in [0, 0.05) is 34.4 Å². The summed E-state index contributed by atoms with van der Waals surface area (Å²) in [4.78, 5) is 26.9. The predicted octanol–water partition coefficient (Wildman–Crippen LogP) is 6.54. The molecule has 0 aliphatic heterocycles. The summed E-state index contributed by atoms with van der Waals surface area (Å²) in [5.74, 6) is 1.06. The minimum absolute atomic E-state index is 0.0705. The highest BCUT2D eigenvalue weighted by molar-refractivity contribution is 6.31. The molecule has 172 valence electrons. The van der Waals surface area contributed by atoms with Crippen LogP contribution in [0, 0.1) is 0 Å². The summed E-state index contributed by atoms with van der Waals surface area (Å²) in [5.41, 5.74) is 2.83. The Labute approximate surface area is 203 Å². The largest absolute Gasteiger partial charge is 0.349 e. The van der Waals surface area contributed by atoms with Crippen LogP contribution in [0.1, 0.15) is 48.9 Å². The fourth-order valence-electron chi connectivity index (χ4n) is 4.42. The Morgan fingerprint density at radius 1 is 0.941 bits per heavy atom. The van der Waals surface area contributed by atoms with E-state index in [9.17, 15) is 4.79 Å². The van der Waals surface area contributed by atoms with E-state index < -0.39 is 0 Å². The number of fused-ring (bicyclic) bond motifs is 1. The molecule has 4 aromatic rings. The van der Waals surface area contributed by atoms with Crippen LogP contribution in [-0.4, -0.2) is 26.9 Å². The first-order valence-electron chi connectivity index (χ1n) is 11.7. The standard InChI is InChI=1S/C27H26ClN5O/c28-19-13-14-24-22(16-19)26(33-25(31-24)18-8-7-15-29-17-18)32-23-12-6-5-11-21(23)27(34)30-20-9-3-1-2-4-10-20/h5-8,11-17,20H,1-4,9-10H2,(H,30,34)(H,31,32,33). The Hall–Kier alpha value is -3.51. The number of aromatic nitrogens is 3. The lowest BCUT2D eigenvalue weighted by atomic mass is 10.1. The molecule has 0 saturated heterocycles. The molecule has 2 heterocycles. The number of benzene rings is 2. The molecule has 1 fully saturated rings.